The largest absolute Gasteiger partial charge is 0.468 e. The number of halogens is 3. The molecule has 0 saturated carbocycles. The third-order valence-corrected chi connectivity index (χ3v) is 2.91. The fraction of sp³-hybridized carbons (Fsp3) is 0.417. The lowest BCUT2D eigenvalue weighted by molar-refractivity contribution is -0.147. The first-order valence-electron chi connectivity index (χ1n) is 5.39. The van der Waals surface area contributed by atoms with E-state index in [2.05, 4.69) is 4.74 Å². The fourth-order valence-corrected chi connectivity index (χ4v) is 2.02. The minimum absolute atomic E-state index is 0.0881. The predicted molar refractivity (Wildman–Crippen MR) is 57.6 cm³/mol. The highest BCUT2D eigenvalue weighted by Gasteiger charge is 2.66. The van der Waals surface area contributed by atoms with Gasteiger partial charge in [-0.1, -0.05) is 30.3 Å². The maximum atomic E-state index is 12.7. The van der Waals surface area contributed by atoms with Gasteiger partial charge in [0.05, 0.1) is 7.11 Å². The summed E-state index contributed by atoms with van der Waals surface area (Å²) in [6.07, 6.45) is -4.41. The van der Waals surface area contributed by atoms with Crippen LogP contribution in [-0.4, -0.2) is 36.2 Å². The molecule has 0 aromatic heterocycles. The number of nitrogens with zero attached hydrogens (tertiary/aromatic N) is 1. The molecule has 0 bridgehead atoms. The molecule has 0 spiro atoms. The molecule has 1 aromatic rings. The minimum Gasteiger partial charge on any atom is -0.468 e. The number of hydrogen-bond donors (Lipinski definition) is 0. The van der Waals surface area contributed by atoms with Gasteiger partial charge in [0.25, 0.3) is 0 Å². The number of esters is 1. The number of carbonyl (C=O) groups is 1. The number of benzene rings is 1. The number of hydrogen-bond acceptors (Lipinski definition) is 3. The van der Waals surface area contributed by atoms with Crippen LogP contribution in [0.5, 0.6) is 0 Å². The molecule has 1 aliphatic heterocycles. The first-order valence-corrected chi connectivity index (χ1v) is 5.39. The second kappa shape index (κ2) is 4.61. The molecular weight excluding hydrogens is 247 g/mol. The van der Waals surface area contributed by atoms with Gasteiger partial charge < -0.3 is 4.74 Å². The Hall–Kier alpha value is -1.56. The van der Waals surface area contributed by atoms with Gasteiger partial charge in [0, 0.05) is 6.54 Å². The van der Waals surface area contributed by atoms with Gasteiger partial charge in [-0.25, -0.2) is 0 Å². The summed E-state index contributed by atoms with van der Waals surface area (Å²) in [7, 11) is 1.09. The number of alkyl halides is 3. The molecule has 0 radical (unpaired) electrons. The quantitative estimate of drug-likeness (QED) is 0.614. The van der Waals surface area contributed by atoms with Crippen LogP contribution in [0, 0.1) is 0 Å². The SMILES string of the molecule is COC(=O)[C@@H]1[C@@H](C(F)(F)F)N1Cc1ccccc1. The summed E-state index contributed by atoms with van der Waals surface area (Å²) in [5.74, 6) is -0.840. The van der Waals surface area contributed by atoms with Crippen LogP contribution in [-0.2, 0) is 16.1 Å². The van der Waals surface area contributed by atoms with Crippen LogP contribution in [0.15, 0.2) is 30.3 Å². The Morgan fingerprint density at radius 2 is 1.94 bits per heavy atom. The van der Waals surface area contributed by atoms with Crippen LogP contribution in [0.2, 0.25) is 0 Å². The van der Waals surface area contributed by atoms with Crippen molar-refractivity contribution in [1.29, 1.82) is 0 Å². The lowest BCUT2D eigenvalue weighted by Gasteiger charge is -2.06. The average Bonchev–Trinajstić information content (AvgIpc) is 3.03. The number of methoxy groups -OCH3 is 1. The Bertz CT molecular complexity index is 433. The molecule has 0 aliphatic carbocycles. The molecule has 2 rings (SSSR count). The summed E-state index contributed by atoms with van der Waals surface area (Å²) in [6.45, 7) is 0.0881. The molecular formula is C12H12F3NO2. The summed E-state index contributed by atoms with van der Waals surface area (Å²) >= 11 is 0. The normalized spacial score (nSPS) is 26.8. The van der Waals surface area contributed by atoms with Crippen molar-refractivity contribution in [2.75, 3.05) is 7.11 Å². The third-order valence-electron chi connectivity index (χ3n) is 2.91. The molecule has 0 amide bonds. The zero-order chi connectivity index (χ0) is 13.3. The maximum absolute atomic E-state index is 12.7. The summed E-state index contributed by atoms with van der Waals surface area (Å²) in [4.78, 5) is 12.4. The van der Waals surface area contributed by atoms with Crippen molar-refractivity contribution < 1.29 is 22.7 Å². The lowest BCUT2D eigenvalue weighted by Crippen LogP contribution is -2.23. The van der Waals surface area contributed by atoms with E-state index >= 15 is 0 Å². The fourth-order valence-electron chi connectivity index (χ4n) is 2.02. The topological polar surface area (TPSA) is 29.3 Å². The molecule has 1 saturated heterocycles. The molecule has 6 heteroatoms. The van der Waals surface area contributed by atoms with Gasteiger partial charge in [0.2, 0.25) is 0 Å². The van der Waals surface area contributed by atoms with Gasteiger partial charge >= 0.3 is 12.1 Å². The van der Waals surface area contributed by atoms with Crippen molar-refractivity contribution in [2.45, 2.75) is 24.8 Å². The lowest BCUT2D eigenvalue weighted by atomic mass is 10.2. The van der Waals surface area contributed by atoms with Crippen molar-refractivity contribution in [2.24, 2.45) is 0 Å². The number of rotatable bonds is 3. The molecule has 0 N–H and O–H groups in total. The third kappa shape index (κ3) is 2.48. The van der Waals surface area contributed by atoms with Crippen LogP contribution >= 0.6 is 0 Å². The van der Waals surface area contributed by atoms with Crippen LogP contribution in [0.25, 0.3) is 0 Å². The van der Waals surface area contributed by atoms with Gasteiger partial charge in [-0.2, -0.15) is 13.2 Å². The average molecular weight is 259 g/mol. The number of carbonyl (C=O) groups excluding carboxylic acids is 1. The maximum Gasteiger partial charge on any atom is 0.406 e. The molecule has 98 valence electrons. The van der Waals surface area contributed by atoms with Gasteiger partial charge in [-0.05, 0) is 5.56 Å². The second-order valence-corrected chi connectivity index (χ2v) is 4.11. The highest BCUT2D eigenvalue weighted by molar-refractivity contribution is 5.80. The van der Waals surface area contributed by atoms with Gasteiger partial charge in [0.1, 0.15) is 12.1 Å². The highest BCUT2D eigenvalue weighted by atomic mass is 19.4. The zero-order valence-corrected chi connectivity index (χ0v) is 9.65. The summed E-state index contributed by atoms with van der Waals surface area (Å²) in [5.41, 5.74) is 0.734. The van der Waals surface area contributed by atoms with Crippen molar-refractivity contribution in [3.63, 3.8) is 0 Å². The second-order valence-electron chi connectivity index (χ2n) is 4.11. The summed E-state index contributed by atoms with van der Waals surface area (Å²) in [6, 6.07) is 5.77. The smallest absolute Gasteiger partial charge is 0.406 e. The van der Waals surface area contributed by atoms with E-state index in [-0.39, 0.29) is 6.54 Å². The van der Waals surface area contributed by atoms with Gasteiger partial charge in [-0.15, -0.1) is 0 Å². The van der Waals surface area contributed by atoms with E-state index in [1.807, 2.05) is 0 Å². The van der Waals surface area contributed by atoms with Crippen LogP contribution in [0.4, 0.5) is 13.2 Å². The first kappa shape index (κ1) is 12.9. The first-order chi connectivity index (χ1) is 8.45. The van der Waals surface area contributed by atoms with Crippen molar-refractivity contribution in [3.8, 4) is 0 Å². The van der Waals surface area contributed by atoms with E-state index in [4.69, 9.17) is 0 Å². The molecule has 1 aromatic carbocycles. The summed E-state index contributed by atoms with van der Waals surface area (Å²) < 4.78 is 42.5. The Morgan fingerprint density at radius 3 is 2.44 bits per heavy atom. The van der Waals surface area contributed by atoms with Crippen molar-refractivity contribution in [3.05, 3.63) is 35.9 Å². The molecule has 18 heavy (non-hydrogen) atoms. The van der Waals surface area contributed by atoms with E-state index in [1.54, 1.807) is 30.3 Å². The molecule has 1 aliphatic rings. The van der Waals surface area contributed by atoms with E-state index in [9.17, 15) is 18.0 Å². The monoisotopic (exact) mass is 259 g/mol. The minimum atomic E-state index is -4.41. The molecule has 3 atom stereocenters. The standard InChI is InChI=1S/C12H12F3NO2/c1-18-11(17)9-10(12(13,14)15)16(9)7-8-5-3-2-4-6-8/h2-6,9-10H,7H2,1H3/t9-,10-,16?/m0/s1. The highest BCUT2D eigenvalue weighted by Crippen LogP contribution is 2.42. The van der Waals surface area contributed by atoms with Gasteiger partial charge in [-0.3, -0.25) is 9.69 Å². The van der Waals surface area contributed by atoms with Crippen LogP contribution < -0.4 is 0 Å². The van der Waals surface area contributed by atoms with Gasteiger partial charge in [0.15, 0.2) is 0 Å². The zero-order valence-electron chi connectivity index (χ0n) is 9.65. The molecule has 1 heterocycles. The van der Waals surface area contributed by atoms with E-state index in [0.29, 0.717) is 0 Å². The van der Waals surface area contributed by atoms with Crippen LogP contribution in [0.3, 0.4) is 0 Å². The Morgan fingerprint density at radius 1 is 1.33 bits per heavy atom. The van der Waals surface area contributed by atoms with Crippen LogP contribution in [0.1, 0.15) is 5.56 Å². The molecule has 1 unspecified atom stereocenters. The predicted octanol–water partition coefficient (Wildman–Crippen LogP) is 1.97. The van der Waals surface area contributed by atoms with Crippen molar-refractivity contribution >= 4 is 5.97 Å². The van der Waals surface area contributed by atoms with Crippen molar-refractivity contribution in [1.82, 2.24) is 4.90 Å². The number of ether oxygens (including phenoxy) is 1. The Labute approximate surface area is 102 Å². The molecule has 1 fully saturated rings. The Kier molecular flexibility index (Phi) is 3.30. The van der Waals surface area contributed by atoms with E-state index in [1.165, 1.54) is 0 Å². The van der Waals surface area contributed by atoms with E-state index < -0.39 is 24.2 Å². The van der Waals surface area contributed by atoms with E-state index in [0.717, 1.165) is 17.6 Å². The Balaban J connectivity index is 2.10. The summed E-state index contributed by atoms with van der Waals surface area (Å²) in [5, 5.41) is 0. The molecule has 3 nitrogen and oxygen atoms in total.